The summed E-state index contributed by atoms with van der Waals surface area (Å²) in [7, 11) is 0. The van der Waals surface area contributed by atoms with E-state index in [0.29, 0.717) is 24.3 Å². The molecule has 0 saturated heterocycles. The molecule has 6 nitrogen and oxygen atoms in total. The van der Waals surface area contributed by atoms with Crippen LogP contribution in [0.4, 0.5) is 10.5 Å². The van der Waals surface area contributed by atoms with Crippen LogP contribution in [0.15, 0.2) is 6.07 Å². The van der Waals surface area contributed by atoms with E-state index in [9.17, 15) is 4.79 Å². The number of pyridine rings is 1. The molecule has 0 aliphatic heterocycles. The largest absolute Gasteiger partial charge is 0.444 e. The van der Waals surface area contributed by atoms with Crippen LogP contribution in [0.3, 0.4) is 0 Å². The summed E-state index contributed by atoms with van der Waals surface area (Å²) in [6.45, 7) is 10.0. The van der Waals surface area contributed by atoms with Crippen LogP contribution >= 0.6 is 0 Å². The van der Waals surface area contributed by atoms with Gasteiger partial charge in [-0.25, -0.2) is 4.79 Å². The number of aryl methyl sites for hydroxylation is 2. The molecule has 0 bridgehead atoms. The second-order valence-electron chi connectivity index (χ2n) is 5.74. The molecule has 2 N–H and O–H groups in total. The molecule has 1 amide bonds. The van der Waals surface area contributed by atoms with Crippen molar-refractivity contribution in [3.05, 3.63) is 23.0 Å². The van der Waals surface area contributed by atoms with Gasteiger partial charge in [0.25, 0.3) is 0 Å². The lowest BCUT2D eigenvalue weighted by molar-refractivity contribution is 0.0530. The smallest absolute Gasteiger partial charge is 0.407 e. The summed E-state index contributed by atoms with van der Waals surface area (Å²) in [4.78, 5) is 15.7. The summed E-state index contributed by atoms with van der Waals surface area (Å²) in [6.07, 6.45) is -0.452. The molecule has 114 valence electrons. The zero-order valence-corrected chi connectivity index (χ0v) is 13.2. The second-order valence-corrected chi connectivity index (χ2v) is 5.74. The first-order valence-electron chi connectivity index (χ1n) is 6.82. The average molecular weight is 290 g/mol. The molecule has 1 rings (SSSR count). The van der Waals surface area contributed by atoms with Gasteiger partial charge in [-0.1, -0.05) is 0 Å². The van der Waals surface area contributed by atoms with Gasteiger partial charge < -0.3 is 15.4 Å². The number of aromatic nitrogens is 1. The number of nitrogens with zero attached hydrogens (tertiary/aromatic N) is 2. The minimum atomic E-state index is -0.509. The van der Waals surface area contributed by atoms with Crippen LogP contribution in [-0.4, -0.2) is 29.8 Å². The monoisotopic (exact) mass is 290 g/mol. The van der Waals surface area contributed by atoms with Gasteiger partial charge in [-0.15, -0.1) is 0 Å². The Bertz CT molecular complexity index is 556. The molecular formula is C15H22N4O2. The van der Waals surface area contributed by atoms with Gasteiger partial charge in [0, 0.05) is 18.8 Å². The number of ether oxygens (including phenoxy) is 1. The number of hydrogen-bond donors (Lipinski definition) is 2. The van der Waals surface area contributed by atoms with Crippen LogP contribution in [0.2, 0.25) is 0 Å². The number of carbonyl (C=O) groups excluding carboxylic acids is 1. The van der Waals surface area contributed by atoms with Gasteiger partial charge in [-0.3, -0.25) is 4.98 Å². The normalized spacial score (nSPS) is 10.7. The zero-order chi connectivity index (χ0) is 16.0. The van der Waals surface area contributed by atoms with Gasteiger partial charge in [0.1, 0.15) is 11.7 Å². The van der Waals surface area contributed by atoms with E-state index in [1.54, 1.807) is 6.92 Å². The number of nitrogens with one attached hydrogen (secondary N) is 2. The molecule has 0 unspecified atom stereocenters. The molecule has 0 spiro atoms. The number of alkyl carbamates (subject to hydrolysis) is 1. The fraction of sp³-hybridized carbons (Fsp3) is 0.533. The predicted octanol–water partition coefficient (Wildman–Crippen LogP) is 2.51. The minimum absolute atomic E-state index is 0.403. The first-order chi connectivity index (χ1) is 9.73. The Morgan fingerprint density at radius 2 is 2.05 bits per heavy atom. The lowest BCUT2D eigenvalue weighted by Gasteiger charge is -2.19. The number of hydrogen-bond acceptors (Lipinski definition) is 5. The second kappa shape index (κ2) is 6.93. The van der Waals surface area contributed by atoms with E-state index >= 15 is 0 Å². The van der Waals surface area contributed by atoms with Crippen molar-refractivity contribution in [1.29, 1.82) is 5.26 Å². The standard InChI is InChI=1S/C15H22N4O2/c1-10-8-13(12(9-16)11(2)19-10)17-6-7-18-14(20)21-15(3,4)5/h8H,6-7H2,1-5H3,(H,17,19)(H,18,20). The molecule has 0 radical (unpaired) electrons. The zero-order valence-electron chi connectivity index (χ0n) is 13.2. The molecule has 1 aromatic heterocycles. The van der Waals surface area contributed by atoms with Gasteiger partial charge in [-0.05, 0) is 40.7 Å². The molecule has 0 aromatic carbocycles. The van der Waals surface area contributed by atoms with Gasteiger partial charge in [-0.2, -0.15) is 5.26 Å². The third-order valence-corrected chi connectivity index (χ3v) is 2.55. The van der Waals surface area contributed by atoms with E-state index in [4.69, 9.17) is 10.00 Å². The van der Waals surface area contributed by atoms with E-state index in [-0.39, 0.29) is 0 Å². The highest BCUT2D eigenvalue weighted by Crippen LogP contribution is 2.18. The van der Waals surface area contributed by atoms with E-state index in [1.165, 1.54) is 0 Å². The van der Waals surface area contributed by atoms with Crippen molar-refractivity contribution in [3.63, 3.8) is 0 Å². The van der Waals surface area contributed by atoms with Gasteiger partial charge in [0.2, 0.25) is 0 Å². The van der Waals surface area contributed by atoms with Crippen LogP contribution in [0.5, 0.6) is 0 Å². The molecule has 1 heterocycles. The van der Waals surface area contributed by atoms with Crippen molar-refractivity contribution in [2.75, 3.05) is 18.4 Å². The topological polar surface area (TPSA) is 87.0 Å². The molecule has 0 atom stereocenters. The number of anilines is 1. The highest BCUT2D eigenvalue weighted by atomic mass is 16.6. The lowest BCUT2D eigenvalue weighted by atomic mass is 10.1. The van der Waals surface area contributed by atoms with E-state index < -0.39 is 11.7 Å². The van der Waals surface area contributed by atoms with Crippen LogP contribution < -0.4 is 10.6 Å². The first-order valence-corrected chi connectivity index (χ1v) is 6.82. The van der Waals surface area contributed by atoms with Crippen LogP contribution in [0.25, 0.3) is 0 Å². The Hall–Kier alpha value is -2.29. The summed E-state index contributed by atoms with van der Waals surface area (Å²) in [5.74, 6) is 0. The molecule has 0 aliphatic carbocycles. The SMILES string of the molecule is Cc1cc(NCCNC(=O)OC(C)(C)C)c(C#N)c(C)n1. The van der Waals surface area contributed by atoms with Crippen molar-refractivity contribution < 1.29 is 9.53 Å². The van der Waals surface area contributed by atoms with Crippen molar-refractivity contribution in [1.82, 2.24) is 10.3 Å². The third kappa shape index (κ3) is 5.69. The number of nitriles is 1. The van der Waals surface area contributed by atoms with Crippen molar-refractivity contribution in [2.45, 2.75) is 40.2 Å². The fourth-order valence-corrected chi connectivity index (χ4v) is 1.79. The maximum absolute atomic E-state index is 11.5. The Labute approximate surface area is 125 Å². The number of rotatable bonds is 4. The summed E-state index contributed by atoms with van der Waals surface area (Å²) < 4.78 is 5.13. The number of amides is 1. The third-order valence-electron chi connectivity index (χ3n) is 2.55. The van der Waals surface area contributed by atoms with E-state index in [0.717, 1.165) is 11.4 Å². The Kier molecular flexibility index (Phi) is 5.53. The van der Waals surface area contributed by atoms with Gasteiger partial charge in [0.15, 0.2) is 0 Å². The maximum Gasteiger partial charge on any atom is 0.407 e. The maximum atomic E-state index is 11.5. The molecular weight excluding hydrogens is 268 g/mol. The Morgan fingerprint density at radius 3 is 2.62 bits per heavy atom. The highest BCUT2D eigenvalue weighted by molar-refractivity contribution is 5.67. The average Bonchev–Trinajstić information content (AvgIpc) is 2.32. The molecule has 6 heteroatoms. The van der Waals surface area contributed by atoms with Crippen LogP contribution in [0, 0.1) is 25.2 Å². The van der Waals surface area contributed by atoms with E-state index in [2.05, 4.69) is 21.7 Å². The van der Waals surface area contributed by atoms with Crippen LogP contribution in [-0.2, 0) is 4.74 Å². The quantitative estimate of drug-likeness (QED) is 0.832. The summed E-state index contributed by atoms with van der Waals surface area (Å²) in [5.41, 5.74) is 2.28. The Morgan fingerprint density at radius 1 is 1.38 bits per heavy atom. The molecule has 0 saturated carbocycles. The first kappa shape index (κ1) is 16.8. The number of carbonyl (C=O) groups is 1. The van der Waals surface area contributed by atoms with E-state index in [1.807, 2.05) is 33.8 Å². The minimum Gasteiger partial charge on any atom is -0.444 e. The highest BCUT2D eigenvalue weighted by Gasteiger charge is 2.15. The van der Waals surface area contributed by atoms with Gasteiger partial charge >= 0.3 is 6.09 Å². The molecule has 21 heavy (non-hydrogen) atoms. The molecule has 0 aliphatic rings. The van der Waals surface area contributed by atoms with Crippen molar-refractivity contribution >= 4 is 11.8 Å². The lowest BCUT2D eigenvalue weighted by Crippen LogP contribution is -2.35. The van der Waals surface area contributed by atoms with Crippen molar-refractivity contribution in [3.8, 4) is 6.07 Å². The van der Waals surface area contributed by atoms with Crippen LogP contribution in [0.1, 0.15) is 37.7 Å². The van der Waals surface area contributed by atoms with Crippen molar-refractivity contribution in [2.24, 2.45) is 0 Å². The fourth-order valence-electron chi connectivity index (χ4n) is 1.79. The summed E-state index contributed by atoms with van der Waals surface area (Å²) in [5, 5.41) is 14.9. The summed E-state index contributed by atoms with van der Waals surface area (Å²) >= 11 is 0. The Balaban J connectivity index is 2.51. The predicted molar refractivity (Wildman–Crippen MR) is 81.2 cm³/mol. The summed E-state index contributed by atoms with van der Waals surface area (Å²) in [6, 6.07) is 3.95. The van der Waals surface area contributed by atoms with Gasteiger partial charge in [0.05, 0.1) is 16.9 Å². The molecule has 0 fully saturated rings. The molecule has 1 aromatic rings.